The molecule has 0 spiro atoms. The third-order valence-corrected chi connectivity index (χ3v) is 0.357. The Hall–Kier alpha value is -0.860. The van der Waals surface area contributed by atoms with Crippen LogP contribution in [0.1, 0.15) is 0 Å². The van der Waals surface area contributed by atoms with Gasteiger partial charge in [0.05, 0.1) is 6.42 Å². The fourth-order valence-electron chi connectivity index (χ4n) is 0.134. The summed E-state index contributed by atoms with van der Waals surface area (Å²) < 4.78 is 4.11. The van der Waals surface area contributed by atoms with E-state index in [-0.39, 0.29) is 6.61 Å². The maximum absolute atomic E-state index is 9.43. The molecule has 0 atom stereocenters. The van der Waals surface area contributed by atoms with Gasteiger partial charge in [0.25, 0.3) is 6.47 Å². The van der Waals surface area contributed by atoms with Crippen LogP contribution in [0, 0.1) is 6.42 Å². The molecule has 0 amide bonds. The van der Waals surface area contributed by atoms with Gasteiger partial charge in [-0.2, -0.15) is 0 Å². The predicted octanol–water partition coefficient (Wildman–Crippen LogP) is -0.437. The summed E-state index contributed by atoms with van der Waals surface area (Å²) in [5.41, 5.74) is 0. The van der Waals surface area contributed by atoms with Crippen LogP contribution in [0.4, 0.5) is 0 Å². The molecular weight excluding hydrogens is 96.0 g/mol. The first-order valence-electron chi connectivity index (χ1n) is 1.74. The average molecular weight is 101 g/mol. The number of ether oxygens (including phenoxy) is 1. The molecular formula is C4H5O3. The number of carbonyl (C=O) groups is 2. The van der Waals surface area contributed by atoms with Crippen molar-refractivity contribution in [2.24, 2.45) is 0 Å². The van der Waals surface area contributed by atoms with Crippen molar-refractivity contribution in [1.29, 1.82) is 0 Å². The normalized spacial score (nSPS) is 7.43. The van der Waals surface area contributed by atoms with Gasteiger partial charge in [-0.1, -0.05) is 0 Å². The Labute approximate surface area is 41.3 Å². The predicted molar refractivity (Wildman–Crippen MR) is 22.4 cm³/mol. The molecule has 0 bridgehead atoms. The second kappa shape index (κ2) is 5.14. The molecule has 0 saturated carbocycles. The van der Waals surface area contributed by atoms with E-state index in [0.29, 0.717) is 12.8 Å². The minimum Gasteiger partial charge on any atom is -0.467 e. The lowest BCUT2D eigenvalue weighted by atomic mass is 10.5. The Kier molecular flexibility index (Phi) is 4.51. The molecule has 0 heterocycles. The van der Waals surface area contributed by atoms with Crippen LogP contribution in [-0.4, -0.2) is 19.4 Å². The largest absolute Gasteiger partial charge is 0.467 e. The van der Waals surface area contributed by atoms with Crippen LogP contribution in [0.2, 0.25) is 0 Å². The lowest BCUT2D eigenvalue weighted by Gasteiger charge is -1.85. The summed E-state index contributed by atoms with van der Waals surface area (Å²) in [5, 5.41) is 0. The van der Waals surface area contributed by atoms with Gasteiger partial charge in [-0.15, -0.1) is 0 Å². The van der Waals surface area contributed by atoms with E-state index in [1.807, 2.05) is 0 Å². The standard InChI is InChI=1S/C4H5O3/c5-2-1-3-7-4-6/h1-2,4H,3H2. The van der Waals surface area contributed by atoms with Crippen LogP contribution < -0.4 is 0 Å². The van der Waals surface area contributed by atoms with Gasteiger partial charge in [0.15, 0.2) is 0 Å². The van der Waals surface area contributed by atoms with Crippen molar-refractivity contribution in [2.75, 3.05) is 6.61 Å². The highest BCUT2D eigenvalue weighted by Gasteiger charge is 1.78. The first kappa shape index (κ1) is 6.14. The summed E-state index contributed by atoms with van der Waals surface area (Å²) in [7, 11) is 0. The van der Waals surface area contributed by atoms with Gasteiger partial charge >= 0.3 is 0 Å². The Morgan fingerprint density at radius 2 is 2.14 bits per heavy atom. The zero-order valence-corrected chi connectivity index (χ0v) is 3.66. The molecule has 0 aliphatic rings. The second-order valence-electron chi connectivity index (χ2n) is 0.801. The number of aldehydes is 1. The third-order valence-electron chi connectivity index (χ3n) is 0.357. The molecule has 0 N–H and O–H groups in total. The van der Waals surface area contributed by atoms with Crippen molar-refractivity contribution in [3.63, 3.8) is 0 Å². The molecule has 39 valence electrons. The van der Waals surface area contributed by atoms with Crippen molar-refractivity contribution >= 4 is 12.8 Å². The zero-order chi connectivity index (χ0) is 5.54. The average Bonchev–Trinajstić information content (AvgIpc) is 1.69. The molecule has 0 aliphatic carbocycles. The molecule has 0 aromatic heterocycles. The van der Waals surface area contributed by atoms with Crippen LogP contribution in [0.25, 0.3) is 0 Å². The van der Waals surface area contributed by atoms with Crippen LogP contribution in [-0.2, 0) is 14.3 Å². The van der Waals surface area contributed by atoms with Gasteiger partial charge in [-0.05, 0) is 0 Å². The minimum atomic E-state index is 0.0764. The highest BCUT2D eigenvalue weighted by Crippen LogP contribution is 1.68. The molecule has 1 radical (unpaired) electrons. The molecule has 0 aromatic rings. The summed E-state index contributed by atoms with van der Waals surface area (Å²) in [6.45, 7) is 0.368. The highest BCUT2D eigenvalue weighted by atomic mass is 16.5. The maximum Gasteiger partial charge on any atom is 0.293 e. The Morgan fingerprint density at radius 1 is 1.43 bits per heavy atom. The van der Waals surface area contributed by atoms with E-state index in [9.17, 15) is 9.59 Å². The fraction of sp³-hybridized carbons (Fsp3) is 0.250. The van der Waals surface area contributed by atoms with Gasteiger partial charge in [-0.25, -0.2) is 0 Å². The molecule has 3 heteroatoms. The van der Waals surface area contributed by atoms with Crippen molar-refractivity contribution in [3.8, 4) is 0 Å². The molecule has 3 nitrogen and oxygen atoms in total. The lowest BCUT2D eigenvalue weighted by Crippen LogP contribution is -1.91. The van der Waals surface area contributed by atoms with Gasteiger partial charge in [-0.3, -0.25) is 4.79 Å². The Morgan fingerprint density at radius 3 is 2.57 bits per heavy atom. The highest BCUT2D eigenvalue weighted by molar-refractivity contribution is 5.61. The molecule has 0 aromatic carbocycles. The fourth-order valence-corrected chi connectivity index (χ4v) is 0.134. The van der Waals surface area contributed by atoms with E-state index in [1.54, 1.807) is 0 Å². The Bertz CT molecular complexity index is 52.0. The minimum absolute atomic E-state index is 0.0764. The van der Waals surface area contributed by atoms with Crippen LogP contribution >= 0.6 is 0 Å². The third kappa shape index (κ3) is 5.14. The van der Waals surface area contributed by atoms with Crippen molar-refractivity contribution in [3.05, 3.63) is 6.42 Å². The van der Waals surface area contributed by atoms with Crippen LogP contribution in [0.3, 0.4) is 0 Å². The van der Waals surface area contributed by atoms with E-state index in [4.69, 9.17) is 0 Å². The molecule has 0 aliphatic heterocycles. The van der Waals surface area contributed by atoms with E-state index < -0.39 is 0 Å². The zero-order valence-electron chi connectivity index (χ0n) is 3.66. The SMILES string of the molecule is O=C[CH]COC=O. The summed E-state index contributed by atoms with van der Waals surface area (Å²) in [5.74, 6) is 0. The summed E-state index contributed by atoms with van der Waals surface area (Å²) in [6, 6.07) is 0. The molecule has 7 heavy (non-hydrogen) atoms. The molecule has 0 saturated heterocycles. The topological polar surface area (TPSA) is 43.4 Å². The summed E-state index contributed by atoms with van der Waals surface area (Å²) in [4.78, 5) is 18.7. The van der Waals surface area contributed by atoms with Crippen LogP contribution in [0.15, 0.2) is 0 Å². The molecule has 0 unspecified atom stereocenters. The molecule has 0 fully saturated rings. The van der Waals surface area contributed by atoms with E-state index in [2.05, 4.69) is 4.74 Å². The quantitative estimate of drug-likeness (QED) is 0.356. The second-order valence-corrected chi connectivity index (χ2v) is 0.801. The van der Waals surface area contributed by atoms with Crippen molar-refractivity contribution in [2.45, 2.75) is 0 Å². The summed E-state index contributed by atoms with van der Waals surface area (Å²) in [6.07, 6.45) is 1.78. The van der Waals surface area contributed by atoms with Gasteiger partial charge in [0, 0.05) is 0 Å². The number of rotatable bonds is 4. The van der Waals surface area contributed by atoms with E-state index >= 15 is 0 Å². The van der Waals surface area contributed by atoms with Crippen molar-refractivity contribution in [1.82, 2.24) is 0 Å². The Balaban J connectivity index is 2.68. The monoisotopic (exact) mass is 101 g/mol. The summed E-state index contributed by atoms with van der Waals surface area (Å²) >= 11 is 0. The first-order chi connectivity index (χ1) is 3.41. The van der Waals surface area contributed by atoms with Crippen LogP contribution in [0.5, 0.6) is 0 Å². The first-order valence-corrected chi connectivity index (χ1v) is 1.74. The van der Waals surface area contributed by atoms with Crippen molar-refractivity contribution < 1.29 is 14.3 Å². The number of carbonyl (C=O) groups excluding carboxylic acids is 2. The van der Waals surface area contributed by atoms with Gasteiger partial charge in [0.1, 0.15) is 12.9 Å². The van der Waals surface area contributed by atoms with Gasteiger partial charge < -0.3 is 9.53 Å². The van der Waals surface area contributed by atoms with Gasteiger partial charge in [0.2, 0.25) is 0 Å². The maximum atomic E-state index is 9.43. The molecule has 0 rings (SSSR count). The number of hydrogen-bond acceptors (Lipinski definition) is 3. The number of hydrogen-bond donors (Lipinski definition) is 0. The van der Waals surface area contributed by atoms with E-state index in [1.165, 1.54) is 6.42 Å². The smallest absolute Gasteiger partial charge is 0.293 e. The lowest BCUT2D eigenvalue weighted by molar-refractivity contribution is -0.128. The van der Waals surface area contributed by atoms with E-state index in [0.717, 1.165) is 0 Å².